The van der Waals surface area contributed by atoms with Crippen LogP contribution in [0.4, 0.5) is 0 Å². The number of aliphatic carboxylic acids is 1. The monoisotopic (exact) mass is 171 g/mol. The number of hydrogen-bond acceptors (Lipinski definition) is 3. The Hall–Kier alpha value is -0.753. The fourth-order valence-corrected chi connectivity index (χ4v) is 0.951. The molecule has 1 rings (SSSR count). The molecule has 0 heterocycles. The van der Waals surface area contributed by atoms with Gasteiger partial charge in [0.15, 0.2) is 0 Å². The molecule has 0 saturated carbocycles. The Bertz CT molecular complexity index is 264. The Morgan fingerprint density at radius 2 is 1.92 bits per heavy atom. The van der Waals surface area contributed by atoms with Crippen LogP contribution < -0.4 is 29.7 Å². The number of rotatable bonds is 3. The molecular weight excluding hydrogens is 161 g/mol. The molecule has 0 aliphatic carbocycles. The summed E-state index contributed by atoms with van der Waals surface area (Å²) in [6.07, 6.45) is 0.323. The molecule has 1 aromatic rings. The van der Waals surface area contributed by atoms with Gasteiger partial charge in [0, 0.05) is 6.04 Å². The topological polar surface area (TPSA) is 66.2 Å². The van der Waals surface area contributed by atoms with Gasteiger partial charge in [0.25, 0.3) is 0 Å². The van der Waals surface area contributed by atoms with Gasteiger partial charge in [-0.2, -0.15) is 0 Å². The van der Waals surface area contributed by atoms with Crippen molar-refractivity contribution in [3.8, 4) is 0 Å². The van der Waals surface area contributed by atoms with Crippen molar-refractivity contribution in [3.05, 3.63) is 35.9 Å². The first kappa shape index (κ1) is 12.2. The van der Waals surface area contributed by atoms with Crippen LogP contribution in [0.3, 0.4) is 0 Å². The van der Waals surface area contributed by atoms with E-state index in [0.717, 1.165) is 5.56 Å². The van der Waals surface area contributed by atoms with Gasteiger partial charge in [-0.1, -0.05) is 30.3 Å². The van der Waals surface area contributed by atoms with Crippen LogP contribution in [0.15, 0.2) is 30.3 Å². The Balaban J connectivity index is 0.00000144. The number of carbonyl (C=O) groups is 1. The second kappa shape index (κ2) is 5.82. The molecule has 0 fully saturated rings. The number of carboxylic acid groups (broad SMARTS) is 1. The van der Waals surface area contributed by atoms with Gasteiger partial charge in [0.1, 0.15) is 0 Å². The Morgan fingerprint density at radius 1 is 1.38 bits per heavy atom. The molecule has 0 amide bonds. The van der Waals surface area contributed by atoms with Crippen LogP contribution in [0.25, 0.3) is 0 Å². The van der Waals surface area contributed by atoms with Crippen molar-refractivity contribution >= 4 is 5.97 Å². The molecule has 0 radical (unpaired) electrons. The molecule has 0 saturated heterocycles. The van der Waals surface area contributed by atoms with Crippen LogP contribution in [-0.2, 0) is 11.2 Å². The third kappa shape index (κ3) is 4.14. The summed E-state index contributed by atoms with van der Waals surface area (Å²) in [5.41, 5.74) is 6.20. The van der Waals surface area contributed by atoms with Crippen LogP contribution in [0.5, 0.6) is 0 Å². The predicted molar refractivity (Wildman–Crippen MR) is 43.1 cm³/mol. The summed E-state index contributed by atoms with van der Waals surface area (Å²) >= 11 is 0. The summed E-state index contributed by atoms with van der Waals surface area (Å²) in [4.78, 5) is 10.3. The zero-order valence-corrected chi connectivity index (χ0v) is 7.57. The third-order valence-corrected chi connectivity index (χ3v) is 1.60. The number of carbonyl (C=O) groups excluding carboxylic acids is 1. The summed E-state index contributed by atoms with van der Waals surface area (Å²) in [6, 6.07) is 8.32. The smallest absolute Gasteiger partial charge is 0.548 e. The normalized spacial score (nSPS) is 11.5. The first-order valence-corrected chi connectivity index (χ1v) is 3.70. The predicted octanol–water partition coefficient (Wildman–Crippen LogP) is -3.69. The van der Waals surface area contributed by atoms with Gasteiger partial charge in [-0.05, 0) is 12.0 Å². The second-order valence-electron chi connectivity index (χ2n) is 2.62. The largest absolute Gasteiger partial charge is 1.00 e. The molecule has 1 atom stereocenters. The van der Waals surface area contributed by atoms with Crippen molar-refractivity contribution < 1.29 is 28.8 Å². The summed E-state index contributed by atoms with van der Waals surface area (Å²) < 4.78 is 0. The van der Waals surface area contributed by atoms with Crippen LogP contribution >= 0.6 is 0 Å². The fourth-order valence-electron chi connectivity index (χ4n) is 0.951. The van der Waals surface area contributed by atoms with Gasteiger partial charge >= 0.3 is 18.9 Å². The van der Waals surface area contributed by atoms with Crippen LogP contribution in [0.1, 0.15) is 5.56 Å². The van der Waals surface area contributed by atoms with E-state index in [4.69, 9.17) is 5.73 Å². The molecular formula is C9H10LiNO2. The van der Waals surface area contributed by atoms with Crippen molar-refractivity contribution in [2.45, 2.75) is 12.5 Å². The summed E-state index contributed by atoms with van der Waals surface area (Å²) in [5, 5.41) is 10.3. The number of benzene rings is 1. The maximum absolute atomic E-state index is 10.3. The number of hydrogen-bond donors (Lipinski definition) is 1. The van der Waals surface area contributed by atoms with E-state index in [2.05, 4.69) is 0 Å². The zero-order valence-electron chi connectivity index (χ0n) is 7.57. The van der Waals surface area contributed by atoms with E-state index >= 15 is 0 Å². The molecule has 0 aliphatic rings. The third-order valence-electron chi connectivity index (χ3n) is 1.60. The van der Waals surface area contributed by atoms with Gasteiger partial charge in [0.05, 0.1) is 5.97 Å². The molecule has 0 unspecified atom stereocenters. The van der Waals surface area contributed by atoms with Gasteiger partial charge in [-0.15, -0.1) is 0 Å². The fraction of sp³-hybridized carbons (Fsp3) is 0.222. The Labute approximate surface area is 89.1 Å². The molecule has 0 bridgehead atoms. The number of nitrogens with two attached hydrogens (primary N) is 1. The standard InChI is InChI=1S/C9H11NO2.Li/c10-8(9(11)12)6-7-4-2-1-3-5-7;/h1-5,8H,6,10H2,(H,11,12);/q;+1/p-1/t8-;/m1./s1. The molecule has 0 aromatic heterocycles. The quantitative estimate of drug-likeness (QED) is 0.476. The van der Waals surface area contributed by atoms with E-state index < -0.39 is 12.0 Å². The molecule has 2 N–H and O–H groups in total. The van der Waals surface area contributed by atoms with Gasteiger partial charge in [0.2, 0.25) is 0 Å². The first-order valence-electron chi connectivity index (χ1n) is 3.70. The average Bonchev–Trinajstić information content (AvgIpc) is 2.06. The second-order valence-corrected chi connectivity index (χ2v) is 2.62. The van der Waals surface area contributed by atoms with Crippen molar-refractivity contribution in [1.29, 1.82) is 0 Å². The van der Waals surface area contributed by atoms with E-state index in [1.165, 1.54) is 0 Å². The van der Waals surface area contributed by atoms with Gasteiger partial charge < -0.3 is 15.6 Å². The summed E-state index contributed by atoms with van der Waals surface area (Å²) in [6.45, 7) is 0. The maximum Gasteiger partial charge on any atom is 1.00 e. The minimum absolute atomic E-state index is 0. The van der Waals surface area contributed by atoms with Crippen LogP contribution in [0, 0.1) is 0 Å². The van der Waals surface area contributed by atoms with Crippen molar-refractivity contribution in [1.82, 2.24) is 0 Å². The minimum atomic E-state index is -1.21. The Morgan fingerprint density at radius 3 is 2.38 bits per heavy atom. The van der Waals surface area contributed by atoms with Crippen molar-refractivity contribution in [2.24, 2.45) is 5.73 Å². The Kier molecular flexibility index (Phi) is 5.48. The molecule has 4 heteroatoms. The molecule has 0 spiro atoms. The maximum atomic E-state index is 10.3. The molecule has 3 nitrogen and oxygen atoms in total. The summed E-state index contributed by atoms with van der Waals surface area (Å²) in [5.74, 6) is -1.21. The van der Waals surface area contributed by atoms with Crippen molar-refractivity contribution in [3.63, 3.8) is 0 Å². The van der Waals surface area contributed by atoms with Gasteiger partial charge in [-0.3, -0.25) is 0 Å². The van der Waals surface area contributed by atoms with E-state index in [-0.39, 0.29) is 18.9 Å². The zero-order chi connectivity index (χ0) is 8.97. The van der Waals surface area contributed by atoms with E-state index in [1.807, 2.05) is 30.3 Å². The van der Waals surface area contributed by atoms with Crippen LogP contribution in [0.2, 0.25) is 0 Å². The minimum Gasteiger partial charge on any atom is -0.548 e. The molecule has 64 valence electrons. The first-order chi connectivity index (χ1) is 5.70. The van der Waals surface area contributed by atoms with Crippen LogP contribution in [-0.4, -0.2) is 12.0 Å². The van der Waals surface area contributed by atoms with E-state index in [9.17, 15) is 9.90 Å². The number of carboxylic acids is 1. The summed E-state index contributed by atoms with van der Waals surface area (Å²) in [7, 11) is 0. The molecule has 13 heavy (non-hydrogen) atoms. The SMILES string of the molecule is N[C@H](Cc1ccccc1)C(=O)[O-].[Li+]. The van der Waals surface area contributed by atoms with Crippen molar-refractivity contribution in [2.75, 3.05) is 0 Å². The molecule has 0 aliphatic heterocycles. The van der Waals surface area contributed by atoms with E-state index in [0.29, 0.717) is 6.42 Å². The van der Waals surface area contributed by atoms with E-state index in [1.54, 1.807) is 0 Å². The molecule has 1 aromatic carbocycles. The average molecular weight is 171 g/mol. The van der Waals surface area contributed by atoms with Gasteiger partial charge in [-0.25, -0.2) is 0 Å².